The molecule has 202 valence electrons. The van der Waals surface area contributed by atoms with Crippen LogP contribution in [0.2, 0.25) is 5.02 Å². The van der Waals surface area contributed by atoms with Gasteiger partial charge in [0, 0.05) is 75.6 Å². The van der Waals surface area contributed by atoms with Gasteiger partial charge in [-0.1, -0.05) is 17.7 Å². The minimum atomic E-state index is -0.483. The normalized spacial score (nSPS) is 18.1. The maximum Gasteiger partial charge on any atom is 0.332 e. The predicted octanol–water partition coefficient (Wildman–Crippen LogP) is 4.31. The van der Waals surface area contributed by atoms with E-state index < -0.39 is 5.82 Å². The summed E-state index contributed by atoms with van der Waals surface area (Å²) in [7, 11) is 1.66. The lowest BCUT2D eigenvalue weighted by Crippen LogP contribution is -2.50. The largest absolute Gasteiger partial charge is 0.507 e. The number of halogens is 2. The molecule has 2 aliphatic rings. The summed E-state index contributed by atoms with van der Waals surface area (Å²) in [6, 6.07) is 11.8. The summed E-state index contributed by atoms with van der Waals surface area (Å²) in [6.45, 7) is 5.16. The Bertz CT molecular complexity index is 1570. The monoisotopic (exact) mass is 549 g/mol. The number of aromatic nitrogens is 3. The highest BCUT2D eigenvalue weighted by Gasteiger charge is 2.27. The molecule has 4 heterocycles. The zero-order chi connectivity index (χ0) is 27.1. The number of aromatic hydroxyl groups is 1. The molecule has 0 bridgehead atoms. The summed E-state index contributed by atoms with van der Waals surface area (Å²) in [5.41, 5.74) is 2.15. The number of nitrogens with zero attached hydrogens (tertiary/aromatic N) is 5. The number of aryl methyl sites for hydroxylation is 1. The van der Waals surface area contributed by atoms with E-state index in [4.69, 9.17) is 16.3 Å². The molecule has 2 aromatic carbocycles. The second kappa shape index (κ2) is 10.5. The number of hydrogen-bond donors (Lipinski definition) is 1. The number of pyridine rings is 1. The molecule has 2 saturated heterocycles. The first-order chi connectivity index (χ1) is 18.9. The summed E-state index contributed by atoms with van der Waals surface area (Å²) < 4.78 is 23.3. The van der Waals surface area contributed by atoms with E-state index in [2.05, 4.69) is 14.8 Å². The highest BCUT2D eigenvalue weighted by molar-refractivity contribution is 6.32. The van der Waals surface area contributed by atoms with Crippen LogP contribution in [-0.4, -0.2) is 69.6 Å². The molecule has 1 N–H and O–H groups in total. The van der Waals surface area contributed by atoms with Gasteiger partial charge in [0.2, 0.25) is 0 Å². The lowest BCUT2D eigenvalue weighted by molar-refractivity contribution is 0.139. The molecule has 10 heteroatoms. The van der Waals surface area contributed by atoms with Crippen molar-refractivity contribution in [2.24, 2.45) is 7.05 Å². The molecule has 6 rings (SSSR count). The van der Waals surface area contributed by atoms with Gasteiger partial charge in [-0.05, 0) is 53.9 Å². The quantitative estimate of drug-likeness (QED) is 0.400. The number of ether oxygens (including phenoxy) is 1. The van der Waals surface area contributed by atoms with Crippen LogP contribution in [0.25, 0.3) is 27.9 Å². The van der Waals surface area contributed by atoms with E-state index >= 15 is 0 Å². The molecule has 39 heavy (non-hydrogen) atoms. The van der Waals surface area contributed by atoms with E-state index in [1.807, 2.05) is 6.07 Å². The van der Waals surface area contributed by atoms with Gasteiger partial charge in [-0.2, -0.15) is 0 Å². The summed E-state index contributed by atoms with van der Waals surface area (Å²) >= 11 is 6.53. The number of rotatable bonds is 5. The van der Waals surface area contributed by atoms with Gasteiger partial charge >= 0.3 is 5.69 Å². The van der Waals surface area contributed by atoms with Gasteiger partial charge in [0.15, 0.2) is 0 Å². The number of phenolic OH excluding ortho intramolecular Hbond substituents is 1. The van der Waals surface area contributed by atoms with Crippen molar-refractivity contribution < 1.29 is 14.2 Å². The maximum absolute atomic E-state index is 14.9. The van der Waals surface area contributed by atoms with Crippen molar-refractivity contribution in [1.29, 1.82) is 0 Å². The first kappa shape index (κ1) is 25.6. The van der Waals surface area contributed by atoms with E-state index in [0.29, 0.717) is 39.0 Å². The topological polar surface area (TPSA) is 75.8 Å². The Labute approximate surface area is 230 Å². The number of anilines is 1. The molecule has 2 fully saturated rings. The average Bonchev–Trinajstić information content (AvgIpc) is 3.60. The van der Waals surface area contributed by atoms with Crippen LogP contribution in [-0.2, 0) is 11.8 Å². The second-order valence-corrected chi connectivity index (χ2v) is 10.4. The molecule has 0 aliphatic carbocycles. The highest BCUT2D eigenvalue weighted by atomic mass is 35.5. The summed E-state index contributed by atoms with van der Waals surface area (Å²) in [4.78, 5) is 21.6. The van der Waals surface area contributed by atoms with Crippen molar-refractivity contribution in [2.45, 2.75) is 12.5 Å². The van der Waals surface area contributed by atoms with Gasteiger partial charge < -0.3 is 19.3 Å². The van der Waals surface area contributed by atoms with Crippen LogP contribution < -0.4 is 10.6 Å². The number of benzene rings is 2. The number of piperazine rings is 1. The molecule has 1 unspecified atom stereocenters. The fourth-order valence-electron chi connectivity index (χ4n) is 5.44. The van der Waals surface area contributed by atoms with E-state index in [1.165, 1.54) is 21.3 Å². The van der Waals surface area contributed by atoms with Crippen LogP contribution in [0.3, 0.4) is 0 Å². The first-order valence-corrected chi connectivity index (χ1v) is 13.4. The third-order valence-corrected chi connectivity index (χ3v) is 7.96. The van der Waals surface area contributed by atoms with Crippen molar-refractivity contribution in [3.63, 3.8) is 0 Å². The van der Waals surface area contributed by atoms with Crippen LogP contribution in [0.1, 0.15) is 6.42 Å². The molecule has 2 aliphatic heterocycles. The smallest absolute Gasteiger partial charge is 0.332 e. The third kappa shape index (κ3) is 4.93. The van der Waals surface area contributed by atoms with Gasteiger partial charge in [0.05, 0.1) is 17.3 Å². The van der Waals surface area contributed by atoms with Crippen molar-refractivity contribution >= 4 is 17.4 Å². The predicted molar refractivity (Wildman–Crippen MR) is 149 cm³/mol. The number of imidazole rings is 1. The molecule has 0 radical (unpaired) electrons. The SMILES string of the molecule is Cn1ccn(-c2ccc(-c3cc(F)cc(-c4ccnc(N5CCN(C6CCOC6)CC5)c4)c3O)cc2Cl)c1=O. The Morgan fingerprint density at radius 3 is 2.41 bits per heavy atom. The summed E-state index contributed by atoms with van der Waals surface area (Å²) in [6.07, 6.45) is 6.04. The van der Waals surface area contributed by atoms with Crippen LogP contribution in [0, 0.1) is 5.82 Å². The van der Waals surface area contributed by atoms with Crippen molar-refractivity contribution in [3.05, 3.63) is 82.4 Å². The molecule has 0 spiro atoms. The minimum Gasteiger partial charge on any atom is -0.507 e. The van der Waals surface area contributed by atoms with Crippen molar-refractivity contribution in [3.8, 4) is 33.7 Å². The van der Waals surface area contributed by atoms with Gasteiger partial charge in [-0.25, -0.2) is 14.2 Å². The number of phenols is 1. The Balaban J connectivity index is 1.28. The van der Waals surface area contributed by atoms with Crippen LogP contribution in [0.5, 0.6) is 5.75 Å². The number of hydrogen-bond acceptors (Lipinski definition) is 6. The summed E-state index contributed by atoms with van der Waals surface area (Å²) in [5.74, 6) is 0.254. The zero-order valence-electron chi connectivity index (χ0n) is 21.6. The van der Waals surface area contributed by atoms with Crippen molar-refractivity contribution in [1.82, 2.24) is 19.0 Å². The molecule has 2 aromatic heterocycles. The van der Waals surface area contributed by atoms with Crippen LogP contribution >= 0.6 is 11.6 Å². The van der Waals surface area contributed by atoms with E-state index in [-0.39, 0.29) is 11.4 Å². The molecule has 0 amide bonds. The Hall–Kier alpha value is -3.66. The Morgan fingerprint density at radius 2 is 1.77 bits per heavy atom. The van der Waals surface area contributed by atoms with E-state index in [0.717, 1.165) is 51.6 Å². The van der Waals surface area contributed by atoms with Crippen molar-refractivity contribution in [2.75, 3.05) is 44.3 Å². The first-order valence-electron chi connectivity index (χ1n) is 13.0. The van der Waals surface area contributed by atoms with Gasteiger partial charge in [-0.3, -0.25) is 9.47 Å². The second-order valence-electron chi connectivity index (χ2n) is 10.0. The maximum atomic E-state index is 14.9. The fraction of sp³-hybridized carbons (Fsp3) is 0.310. The lowest BCUT2D eigenvalue weighted by Gasteiger charge is -2.38. The standard InChI is InChI=1S/C29H29ClFN5O3/c1-33-7-12-36(29(33)38)26-3-2-19(14-25(26)30)23-16-21(31)17-24(28(23)37)20-4-6-32-27(15-20)35-10-8-34(9-11-35)22-5-13-39-18-22/h2-4,6-7,12,14-17,22,37H,5,8-11,13,18H2,1H3. The molecule has 1 atom stereocenters. The minimum absolute atomic E-state index is 0.0553. The van der Waals surface area contributed by atoms with E-state index in [9.17, 15) is 14.3 Å². The summed E-state index contributed by atoms with van der Waals surface area (Å²) in [5, 5.41) is 11.6. The molecular formula is C29H29ClFN5O3. The lowest BCUT2D eigenvalue weighted by atomic mass is 9.97. The van der Waals surface area contributed by atoms with E-state index in [1.54, 1.807) is 49.9 Å². The third-order valence-electron chi connectivity index (χ3n) is 7.66. The Kier molecular flexibility index (Phi) is 6.88. The highest BCUT2D eigenvalue weighted by Crippen LogP contribution is 2.41. The van der Waals surface area contributed by atoms with Crippen LogP contribution in [0.4, 0.5) is 10.2 Å². The van der Waals surface area contributed by atoms with Gasteiger partial charge in [0.25, 0.3) is 0 Å². The molecule has 0 saturated carbocycles. The van der Waals surface area contributed by atoms with Gasteiger partial charge in [0.1, 0.15) is 17.4 Å². The fourth-order valence-corrected chi connectivity index (χ4v) is 5.71. The van der Waals surface area contributed by atoms with Gasteiger partial charge in [-0.15, -0.1) is 0 Å². The molecule has 4 aromatic rings. The molecule has 8 nitrogen and oxygen atoms in total. The molecular weight excluding hydrogens is 521 g/mol. The average molecular weight is 550 g/mol. The zero-order valence-corrected chi connectivity index (χ0v) is 22.3. The Morgan fingerprint density at radius 1 is 1.03 bits per heavy atom. The van der Waals surface area contributed by atoms with Crippen LogP contribution in [0.15, 0.2) is 65.8 Å².